The number of hydrogen-bond donors (Lipinski definition) is 0. The fourth-order valence-electron chi connectivity index (χ4n) is 2.78. The molecule has 4 rings (SSSR count). The van der Waals surface area contributed by atoms with Crippen LogP contribution in [0, 0.1) is 0 Å². The molecule has 0 atom stereocenters. The van der Waals surface area contributed by atoms with Gasteiger partial charge in [-0.05, 0) is 0 Å². The van der Waals surface area contributed by atoms with Gasteiger partial charge in [-0.25, -0.2) is 0 Å². The number of fused-ring (bicyclic) bond motifs is 3. The van der Waals surface area contributed by atoms with E-state index in [4.69, 9.17) is 4.42 Å². The molecule has 0 fully saturated rings. The molecule has 0 unspecified atom stereocenters. The first kappa shape index (κ1) is 14.5. The molecule has 0 aliphatic heterocycles. The molecule has 0 aliphatic rings. The summed E-state index contributed by atoms with van der Waals surface area (Å²) in [7, 11) is 0. The van der Waals surface area contributed by atoms with Crippen molar-refractivity contribution in [3.8, 4) is 11.3 Å². The molecule has 4 aromatic rings. The van der Waals surface area contributed by atoms with E-state index in [0.717, 1.165) is 27.6 Å². The van der Waals surface area contributed by atoms with Crippen LogP contribution < -0.4 is 4.40 Å². The van der Waals surface area contributed by atoms with Crippen molar-refractivity contribution in [2.45, 2.75) is 17.3 Å². The van der Waals surface area contributed by atoms with Gasteiger partial charge in [-0.1, -0.05) is 0 Å². The van der Waals surface area contributed by atoms with Gasteiger partial charge in [-0.2, -0.15) is 0 Å². The van der Waals surface area contributed by atoms with Crippen LogP contribution in [0.5, 0.6) is 0 Å². The van der Waals surface area contributed by atoms with Crippen molar-refractivity contribution < 1.29 is 4.42 Å². The molecule has 0 amide bonds. The van der Waals surface area contributed by atoms with E-state index in [0.29, 0.717) is 5.71 Å². The van der Waals surface area contributed by atoms with Gasteiger partial charge >= 0.3 is 138 Å². The van der Waals surface area contributed by atoms with Gasteiger partial charge in [0.15, 0.2) is 0 Å². The van der Waals surface area contributed by atoms with Crippen molar-refractivity contribution in [3.63, 3.8) is 0 Å². The Hall–Kier alpha value is -2.14. The molecule has 4 heteroatoms. The van der Waals surface area contributed by atoms with Crippen LogP contribution in [0.1, 0.15) is 0 Å². The summed E-state index contributed by atoms with van der Waals surface area (Å²) >= 11 is -1.81. The molecule has 3 nitrogen and oxygen atoms in total. The normalized spacial score (nSPS) is 12.1. The van der Waals surface area contributed by atoms with E-state index in [1.807, 2.05) is 18.2 Å². The Morgan fingerprint density at radius 2 is 1.78 bits per heavy atom. The minimum absolute atomic E-state index is 0.684. The average Bonchev–Trinajstić information content (AvgIpc) is 2.92. The van der Waals surface area contributed by atoms with Crippen LogP contribution in [0.3, 0.4) is 0 Å². The van der Waals surface area contributed by atoms with Gasteiger partial charge in [0.05, 0.1) is 0 Å². The number of rotatable bonds is 2. The van der Waals surface area contributed by atoms with E-state index >= 15 is 0 Å². The Balaban J connectivity index is 1.84. The van der Waals surface area contributed by atoms with Crippen LogP contribution in [0.25, 0.3) is 33.3 Å². The third-order valence-corrected chi connectivity index (χ3v) is 8.43. The van der Waals surface area contributed by atoms with Crippen LogP contribution in [-0.2, 0) is 0 Å². The van der Waals surface area contributed by atoms with E-state index in [1.54, 1.807) is 6.20 Å². The summed E-state index contributed by atoms with van der Waals surface area (Å²) in [5.41, 5.74) is 3.66. The number of nitrogens with zero attached hydrogens (tertiary/aromatic N) is 2. The molecular formula is C19H18GeN2O. The topological polar surface area (TPSA) is 38.9 Å². The number of aromatic nitrogens is 2. The van der Waals surface area contributed by atoms with Crippen LogP contribution >= 0.6 is 0 Å². The average molecular weight is 363 g/mol. The monoisotopic (exact) mass is 364 g/mol. The Bertz CT molecular complexity index is 997. The van der Waals surface area contributed by atoms with Crippen molar-refractivity contribution in [2.24, 2.45) is 0 Å². The fraction of sp³-hybridized carbons (Fsp3) is 0.158. The van der Waals surface area contributed by atoms with Crippen molar-refractivity contribution in [2.75, 3.05) is 0 Å². The number of hydrogen-bond acceptors (Lipinski definition) is 3. The van der Waals surface area contributed by atoms with E-state index in [9.17, 15) is 0 Å². The third kappa shape index (κ3) is 2.55. The zero-order valence-corrected chi connectivity index (χ0v) is 15.6. The zero-order valence-electron chi connectivity index (χ0n) is 13.5. The first-order valence-corrected chi connectivity index (χ1v) is 15.1. The molecule has 114 valence electrons. The molecule has 0 N–H and O–H groups in total. The first-order valence-electron chi connectivity index (χ1n) is 7.76. The third-order valence-electron chi connectivity index (χ3n) is 4.17. The summed E-state index contributed by atoms with van der Waals surface area (Å²) in [6, 6.07) is 14.6. The first-order chi connectivity index (χ1) is 11.0. The van der Waals surface area contributed by atoms with Crippen molar-refractivity contribution >= 4 is 39.7 Å². The van der Waals surface area contributed by atoms with Gasteiger partial charge in [0.1, 0.15) is 0 Å². The molecule has 23 heavy (non-hydrogen) atoms. The van der Waals surface area contributed by atoms with Crippen LogP contribution in [-0.4, -0.2) is 23.2 Å². The van der Waals surface area contributed by atoms with Gasteiger partial charge in [-0.15, -0.1) is 0 Å². The molecule has 0 bridgehead atoms. The maximum absolute atomic E-state index is 5.78. The second-order valence-electron chi connectivity index (χ2n) is 6.85. The molecular weight excluding hydrogens is 345 g/mol. The summed E-state index contributed by atoms with van der Waals surface area (Å²) in [5.74, 6) is 7.15. The van der Waals surface area contributed by atoms with Crippen molar-refractivity contribution in [3.05, 3.63) is 54.9 Å². The molecule has 0 saturated carbocycles. The summed E-state index contributed by atoms with van der Waals surface area (Å²) in [5, 5.41) is 2.13. The van der Waals surface area contributed by atoms with E-state index in [-0.39, 0.29) is 0 Å². The molecule has 0 radical (unpaired) electrons. The minimum atomic E-state index is -1.81. The zero-order chi connectivity index (χ0) is 16.0. The predicted octanol–water partition coefficient (Wildman–Crippen LogP) is 4.59. The van der Waals surface area contributed by atoms with Crippen molar-refractivity contribution in [1.82, 2.24) is 9.97 Å². The van der Waals surface area contributed by atoms with Gasteiger partial charge < -0.3 is 0 Å². The van der Waals surface area contributed by atoms with Crippen LogP contribution in [0.2, 0.25) is 17.3 Å². The summed E-state index contributed by atoms with van der Waals surface area (Å²) in [6.45, 7) is 0. The molecule has 0 saturated heterocycles. The summed E-state index contributed by atoms with van der Waals surface area (Å²) < 4.78 is 7.21. The van der Waals surface area contributed by atoms with Gasteiger partial charge in [0.2, 0.25) is 0 Å². The summed E-state index contributed by atoms with van der Waals surface area (Å²) in [4.78, 5) is 8.97. The van der Waals surface area contributed by atoms with Crippen LogP contribution in [0.4, 0.5) is 0 Å². The predicted molar refractivity (Wildman–Crippen MR) is 97.7 cm³/mol. The van der Waals surface area contributed by atoms with Gasteiger partial charge in [0.25, 0.3) is 0 Å². The standard InChI is InChI=1S/C19H18GeN2O/c1-20(2,3)14-7-8-17(22-12-14)13-6-9-18-16(11-13)15-5-4-10-21-19(15)23-18/h4-12H,1-3H3. The molecule has 1 aromatic carbocycles. The Morgan fingerprint density at radius 3 is 2.52 bits per heavy atom. The maximum atomic E-state index is 5.78. The van der Waals surface area contributed by atoms with Gasteiger partial charge in [0, 0.05) is 0 Å². The van der Waals surface area contributed by atoms with E-state index in [2.05, 4.69) is 57.7 Å². The second-order valence-corrected chi connectivity index (χ2v) is 17.5. The summed E-state index contributed by atoms with van der Waals surface area (Å²) in [6.07, 6.45) is 3.80. The number of pyridine rings is 2. The number of benzene rings is 1. The molecule has 0 spiro atoms. The number of furan rings is 1. The van der Waals surface area contributed by atoms with E-state index in [1.165, 1.54) is 4.40 Å². The fourth-order valence-corrected chi connectivity index (χ4v) is 4.95. The molecule has 3 aromatic heterocycles. The molecule has 3 heterocycles. The molecule has 0 aliphatic carbocycles. The Labute approximate surface area is 137 Å². The van der Waals surface area contributed by atoms with Crippen LogP contribution in [0.15, 0.2) is 59.3 Å². The Kier molecular flexibility index (Phi) is 3.27. The van der Waals surface area contributed by atoms with Crippen molar-refractivity contribution in [1.29, 1.82) is 0 Å². The SMILES string of the molecule is [CH3][Ge]([CH3])([CH3])[c]1ccc(-c2ccc3oc4ncccc4c3c2)nc1. The van der Waals surface area contributed by atoms with Gasteiger partial charge in [-0.3, -0.25) is 0 Å². The second kappa shape index (κ2) is 5.20. The van der Waals surface area contributed by atoms with E-state index < -0.39 is 13.3 Å². The Morgan fingerprint density at radius 1 is 0.913 bits per heavy atom. The quantitative estimate of drug-likeness (QED) is 0.489.